The zero-order valence-electron chi connectivity index (χ0n) is 10.9. The first-order chi connectivity index (χ1) is 8.72. The third-order valence-corrected chi connectivity index (χ3v) is 3.62. The quantitative estimate of drug-likeness (QED) is 0.565. The summed E-state index contributed by atoms with van der Waals surface area (Å²) < 4.78 is 5.15. The highest BCUT2D eigenvalue weighted by Gasteiger charge is 2.36. The zero-order valence-corrected chi connectivity index (χ0v) is 10.9. The van der Waals surface area contributed by atoms with Crippen LogP contribution in [-0.2, 0) is 14.3 Å². The monoisotopic (exact) mass is 251 g/mol. The number of carbonyl (C=O) groups is 2. The van der Waals surface area contributed by atoms with Crippen LogP contribution in [0.5, 0.6) is 0 Å². The van der Waals surface area contributed by atoms with Crippen LogP contribution in [-0.4, -0.2) is 36.5 Å². The van der Waals surface area contributed by atoms with Crippen molar-refractivity contribution in [3.8, 4) is 0 Å². The maximum atomic E-state index is 11.8. The van der Waals surface area contributed by atoms with Gasteiger partial charge in [0.1, 0.15) is 6.61 Å². The van der Waals surface area contributed by atoms with Crippen molar-refractivity contribution in [1.82, 2.24) is 4.90 Å². The Bertz CT molecular complexity index is 339. The van der Waals surface area contributed by atoms with Gasteiger partial charge < -0.3 is 9.64 Å². The molecule has 0 aromatic rings. The molecule has 18 heavy (non-hydrogen) atoms. The number of esters is 1. The first kappa shape index (κ1) is 13.1. The summed E-state index contributed by atoms with van der Waals surface area (Å²) in [6, 6.07) is 0. The summed E-state index contributed by atoms with van der Waals surface area (Å²) in [5.74, 6) is 0.420. The highest BCUT2D eigenvalue weighted by atomic mass is 16.5. The molecule has 1 amide bonds. The van der Waals surface area contributed by atoms with Gasteiger partial charge in [-0.2, -0.15) is 0 Å². The second-order valence-corrected chi connectivity index (χ2v) is 5.07. The van der Waals surface area contributed by atoms with Gasteiger partial charge in [0.2, 0.25) is 5.91 Å². The fourth-order valence-corrected chi connectivity index (χ4v) is 2.27. The number of amides is 1. The Hall–Kier alpha value is -1.32. The molecule has 0 aromatic carbocycles. The number of piperidine rings is 1. The summed E-state index contributed by atoms with van der Waals surface area (Å²) in [5.41, 5.74) is 0. The van der Waals surface area contributed by atoms with Crippen LogP contribution in [0.25, 0.3) is 0 Å². The summed E-state index contributed by atoms with van der Waals surface area (Å²) in [7, 11) is 0. The van der Waals surface area contributed by atoms with Crippen molar-refractivity contribution in [2.75, 3.05) is 19.7 Å². The summed E-state index contributed by atoms with van der Waals surface area (Å²) >= 11 is 0. The smallest absolute Gasteiger partial charge is 0.309 e. The van der Waals surface area contributed by atoms with E-state index >= 15 is 0 Å². The van der Waals surface area contributed by atoms with E-state index in [1.807, 2.05) is 24.0 Å². The molecule has 100 valence electrons. The van der Waals surface area contributed by atoms with Gasteiger partial charge in [-0.1, -0.05) is 12.2 Å². The van der Waals surface area contributed by atoms with Gasteiger partial charge in [0, 0.05) is 19.0 Å². The standard InChI is InChI=1S/C14H21NO3/c1-2-3-10-18-14(17)12-6-8-15(9-7-12)13(16)11-4-5-11/h2-3,11-12H,4-10H2,1H3/b3-2+. The van der Waals surface area contributed by atoms with Gasteiger partial charge in [0.05, 0.1) is 5.92 Å². The number of hydrogen-bond acceptors (Lipinski definition) is 3. The third-order valence-electron chi connectivity index (χ3n) is 3.62. The van der Waals surface area contributed by atoms with Crippen LogP contribution >= 0.6 is 0 Å². The van der Waals surface area contributed by atoms with Gasteiger partial charge >= 0.3 is 5.97 Å². The van der Waals surface area contributed by atoms with E-state index in [2.05, 4.69) is 0 Å². The second-order valence-electron chi connectivity index (χ2n) is 5.07. The van der Waals surface area contributed by atoms with Crippen molar-refractivity contribution >= 4 is 11.9 Å². The van der Waals surface area contributed by atoms with Crippen molar-refractivity contribution in [3.63, 3.8) is 0 Å². The Morgan fingerprint density at radius 3 is 2.39 bits per heavy atom. The van der Waals surface area contributed by atoms with Crippen LogP contribution in [0.4, 0.5) is 0 Å². The molecular formula is C14H21NO3. The number of hydrogen-bond donors (Lipinski definition) is 0. The zero-order chi connectivity index (χ0) is 13.0. The number of likely N-dealkylation sites (tertiary alicyclic amines) is 1. The molecule has 0 atom stereocenters. The highest BCUT2D eigenvalue weighted by molar-refractivity contribution is 5.81. The van der Waals surface area contributed by atoms with E-state index in [-0.39, 0.29) is 23.7 Å². The lowest BCUT2D eigenvalue weighted by molar-refractivity contribution is -0.150. The lowest BCUT2D eigenvalue weighted by atomic mass is 9.97. The van der Waals surface area contributed by atoms with Crippen molar-refractivity contribution in [1.29, 1.82) is 0 Å². The van der Waals surface area contributed by atoms with Crippen LogP contribution in [0.1, 0.15) is 32.6 Å². The molecule has 1 aliphatic carbocycles. The predicted octanol–water partition coefficient (Wildman–Crippen LogP) is 1.75. The minimum Gasteiger partial charge on any atom is -0.461 e. The molecule has 2 aliphatic rings. The number of rotatable bonds is 4. The molecular weight excluding hydrogens is 230 g/mol. The number of allylic oxidation sites excluding steroid dienone is 1. The fraction of sp³-hybridized carbons (Fsp3) is 0.714. The van der Waals surface area contributed by atoms with Crippen LogP contribution in [0.2, 0.25) is 0 Å². The largest absolute Gasteiger partial charge is 0.461 e. The normalized spacial score (nSPS) is 21.3. The van der Waals surface area contributed by atoms with E-state index in [1.54, 1.807) is 0 Å². The predicted molar refractivity (Wildman–Crippen MR) is 67.8 cm³/mol. The first-order valence-corrected chi connectivity index (χ1v) is 6.79. The molecule has 0 bridgehead atoms. The number of nitrogens with zero attached hydrogens (tertiary/aromatic N) is 1. The fourth-order valence-electron chi connectivity index (χ4n) is 2.27. The van der Waals surface area contributed by atoms with E-state index in [1.165, 1.54) is 0 Å². The Balaban J connectivity index is 1.72. The van der Waals surface area contributed by atoms with Crippen LogP contribution in [0.15, 0.2) is 12.2 Å². The molecule has 1 saturated heterocycles. The topological polar surface area (TPSA) is 46.6 Å². The Morgan fingerprint density at radius 1 is 1.17 bits per heavy atom. The summed E-state index contributed by atoms with van der Waals surface area (Å²) in [6.45, 7) is 3.67. The molecule has 0 N–H and O–H groups in total. The molecule has 4 heteroatoms. The van der Waals surface area contributed by atoms with Crippen LogP contribution < -0.4 is 0 Å². The molecule has 0 spiro atoms. The molecule has 0 unspecified atom stereocenters. The summed E-state index contributed by atoms with van der Waals surface area (Å²) in [4.78, 5) is 25.5. The van der Waals surface area contributed by atoms with Gasteiger partial charge in [0.25, 0.3) is 0 Å². The third kappa shape index (κ3) is 3.34. The van der Waals surface area contributed by atoms with E-state index in [0.717, 1.165) is 25.7 Å². The molecule has 1 aliphatic heterocycles. The molecule has 4 nitrogen and oxygen atoms in total. The lowest BCUT2D eigenvalue weighted by Gasteiger charge is -2.31. The molecule has 2 rings (SSSR count). The summed E-state index contributed by atoms with van der Waals surface area (Å²) in [5, 5.41) is 0. The van der Waals surface area contributed by atoms with Gasteiger partial charge in [-0.05, 0) is 32.6 Å². The van der Waals surface area contributed by atoms with Crippen molar-refractivity contribution < 1.29 is 14.3 Å². The van der Waals surface area contributed by atoms with Gasteiger partial charge in [-0.15, -0.1) is 0 Å². The second kappa shape index (κ2) is 6.03. The van der Waals surface area contributed by atoms with E-state index in [0.29, 0.717) is 19.7 Å². The van der Waals surface area contributed by atoms with Crippen molar-refractivity contribution in [2.24, 2.45) is 11.8 Å². The van der Waals surface area contributed by atoms with Crippen molar-refractivity contribution in [2.45, 2.75) is 32.6 Å². The summed E-state index contributed by atoms with van der Waals surface area (Å²) in [6.07, 6.45) is 7.27. The van der Waals surface area contributed by atoms with E-state index in [9.17, 15) is 9.59 Å². The van der Waals surface area contributed by atoms with Gasteiger partial charge in [-0.25, -0.2) is 0 Å². The Kier molecular flexibility index (Phi) is 4.39. The lowest BCUT2D eigenvalue weighted by Crippen LogP contribution is -2.41. The number of ether oxygens (including phenoxy) is 1. The van der Waals surface area contributed by atoms with Crippen molar-refractivity contribution in [3.05, 3.63) is 12.2 Å². The molecule has 2 fully saturated rings. The number of carbonyl (C=O) groups excluding carboxylic acids is 2. The molecule has 0 aromatic heterocycles. The van der Waals surface area contributed by atoms with Crippen LogP contribution in [0, 0.1) is 11.8 Å². The van der Waals surface area contributed by atoms with Gasteiger partial charge in [-0.3, -0.25) is 9.59 Å². The maximum absolute atomic E-state index is 11.8. The molecule has 0 radical (unpaired) electrons. The first-order valence-electron chi connectivity index (χ1n) is 6.79. The van der Waals surface area contributed by atoms with E-state index < -0.39 is 0 Å². The average Bonchev–Trinajstić information content (AvgIpc) is 3.22. The average molecular weight is 251 g/mol. The minimum absolute atomic E-state index is 0.0292. The molecule has 1 heterocycles. The van der Waals surface area contributed by atoms with Gasteiger partial charge in [0.15, 0.2) is 0 Å². The Morgan fingerprint density at radius 2 is 1.83 bits per heavy atom. The van der Waals surface area contributed by atoms with E-state index in [4.69, 9.17) is 4.74 Å². The Labute approximate surface area is 108 Å². The maximum Gasteiger partial charge on any atom is 0.309 e. The highest BCUT2D eigenvalue weighted by Crippen LogP contribution is 2.32. The minimum atomic E-state index is -0.119. The molecule has 1 saturated carbocycles. The SMILES string of the molecule is C/C=C/COC(=O)C1CCN(C(=O)C2CC2)CC1. The van der Waals surface area contributed by atoms with Crippen LogP contribution in [0.3, 0.4) is 0 Å².